The number of urea groups is 1. The molecule has 1 N–H and O–H groups in total. The van der Waals surface area contributed by atoms with E-state index in [4.69, 9.17) is 0 Å². The number of benzene rings is 1. The van der Waals surface area contributed by atoms with Gasteiger partial charge in [0.05, 0.1) is 18.4 Å². The molecule has 1 fully saturated rings. The van der Waals surface area contributed by atoms with Crippen molar-refractivity contribution in [2.45, 2.75) is 51.0 Å². The van der Waals surface area contributed by atoms with Crippen LogP contribution in [0, 0.1) is 5.82 Å². The molecule has 3 rings (SSSR count). The van der Waals surface area contributed by atoms with Crippen molar-refractivity contribution in [3.8, 4) is 0 Å². The van der Waals surface area contributed by atoms with Crippen LogP contribution in [0.5, 0.6) is 0 Å². The Bertz CT molecular complexity index is 863. The molecular weight excluding hydrogens is 424 g/mol. The smallest absolute Gasteiger partial charge is 0.334 e. The number of piperidine rings is 1. The van der Waals surface area contributed by atoms with Crippen molar-refractivity contribution in [1.29, 1.82) is 0 Å². The molecule has 1 aliphatic rings. The zero-order valence-corrected chi connectivity index (χ0v) is 18.0. The third-order valence-electron chi connectivity index (χ3n) is 5.67. The number of carbonyl (C=O) groups is 1. The number of halogens is 4. The van der Waals surface area contributed by atoms with E-state index in [-0.39, 0.29) is 31.6 Å². The highest BCUT2D eigenvalue weighted by Crippen LogP contribution is 2.22. The van der Waals surface area contributed by atoms with Crippen LogP contribution in [0.3, 0.4) is 0 Å². The molecule has 2 aromatic rings. The number of alkyl halides is 3. The minimum atomic E-state index is -4.18. The van der Waals surface area contributed by atoms with Gasteiger partial charge in [0.2, 0.25) is 0 Å². The Morgan fingerprint density at radius 1 is 1.12 bits per heavy atom. The number of aromatic nitrogens is 1. The molecule has 32 heavy (non-hydrogen) atoms. The predicted molar refractivity (Wildman–Crippen MR) is 113 cm³/mol. The molecule has 2 amide bonds. The van der Waals surface area contributed by atoms with Crippen LogP contribution in [0.25, 0.3) is 0 Å². The van der Waals surface area contributed by atoms with Crippen LogP contribution in [-0.4, -0.2) is 53.2 Å². The van der Waals surface area contributed by atoms with Gasteiger partial charge >= 0.3 is 12.2 Å². The van der Waals surface area contributed by atoms with Crippen LogP contribution in [-0.2, 0) is 19.5 Å². The first-order chi connectivity index (χ1) is 15.2. The summed E-state index contributed by atoms with van der Waals surface area (Å²) in [5.41, 5.74) is 2.01. The molecule has 174 valence electrons. The van der Waals surface area contributed by atoms with E-state index in [1.807, 2.05) is 7.05 Å². The van der Waals surface area contributed by atoms with Gasteiger partial charge in [-0.05, 0) is 62.7 Å². The molecule has 1 aliphatic heterocycles. The fraction of sp³-hybridized carbons (Fsp3) is 0.478. The van der Waals surface area contributed by atoms with Crippen LogP contribution < -0.4 is 5.32 Å². The molecule has 5 nitrogen and oxygen atoms in total. The van der Waals surface area contributed by atoms with Gasteiger partial charge in [-0.15, -0.1) is 0 Å². The van der Waals surface area contributed by atoms with Gasteiger partial charge in [-0.2, -0.15) is 13.2 Å². The Labute approximate surface area is 185 Å². The van der Waals surface area contributed by atoms with Crippen molar-refractivity contribution < 1.29 is 22.4 Å². The first-order valence-electron chi connectivity index (χ1n) is 10.7. The number of amides is 2. The van der Waals surface area contributed by atoms with Crippen LogP contribution in [0.1, 0.15) is 36.1 Å². The standard InChI is InChI=1S/C23H28F4N4O/c1-30-12-9-21(10-13-30)31(16-20-7-6-19(24)15-28-20)22(32)29-14-18-4-2-17(3-5-18)8-11-23(25,26)27/h2-7,15,21H,8-14,16H2,1H3,(H,29,32). The molecule has 2 heterocycles. The van der Waals surface area contributed by atoms with Crippen molar-refractivity contribution in [1.82, 2.24) is 20.1 Å². The quantitative estimate of drug-likeness (QED) is 0.629. The van der Waals surface area contributed by atoms with Crippen molar-refractivity contribution >= 4 is 6.03 Å². The van der Waals surface area contributed by atoms with Gasteiger partial charge < -0.3 is 15.1 Å². The maximum Gasteiger partial charge on any atom is 0.389 e. The molecule has 0 bridgehead atoms. The zero-order valence-electron chi connectivity index (χ0n) is 18.0. The zero-order chi connectivity index (χ0) is 23.1. The minimum absolute atomic E-state index is 0.0443. The summed E-state index contributed by atoms with van der Waals surface area (Å²) in [6.45, 7) is 2.30. The molecule has 0 unspecified atom stereocenters. The fourth-order valence-corrected chi connectivity index (χ4v) is 3.74. The van der Waals surface area contributed by atoms with E-state index >= 15 is 0 Å². The molecule has 9 heteroatoms. The molecule has 1 aromatic heterocycles. The SMILES string of the molecule is CN1CCC(N(Cc2ccc(F)cn2)C(=O)NCc2ccc(CCC(F)(F)F)cc2)CC1. The van der Waals surface area contributed by atoms with E-state index in [0.29, 0.717) is 11.3 Å². The lowest BCUT2D eigenvalue weighted by molar-refractivity contribution is -0.134. The number of hydrogen-bond acceptors (Lipinski definition) is 3. The Morgan fingerprint density at radius 2 is 1.78 bits per heavy atom. The molecule has 1 aromatic carbocycles. The van der Waals surface area contributed by atoms with E-state index < -0.39 is 18.4 Å². The highest BCUT2D eigenvalue weighted by Gasteiger charge is 2.28. The van der Waals surface area contributed by atoms with Gasteiger partial charge in [0.25, 0.3) is 0 Å². The van der Waals surface area contributed by atoms with Crippen LogP contribution in [0.2, 0.25) is 0 Å². The second-order valence-corrected chi connectivity index (χ2v) is 8.22. The Balaban J connectivity index is 1.60. The van der Waals surface area contributed by atoms with Gasteiger partial charge in [-0.1, -0.05) is 24.3 Å². The Hall–Kier alpha value is -2.68. The van der Waals surface area contributed by atoms with E-state index in [2.05, 4.69) is 15.2 Å². The summed E-state index contributed by atoms with van der Waals surface area (Å²) in [6, 6.07) is 9.47. The third-order valence-corrected chi connectivity index (χ3v) is 5.67. The van der Waals surface area contributed by atoms with Crippen LogP contribution in [0.15, 0.2) is 42.6 Å². The number of nitrogens with zero attached hydrogens (tertiary/aromatic N) is 3. The minimum Gasteiger partial charge on any atom is -0.334 e. The van der Waals surface area contributed by atoms with E-state index in [1.54, 1.807) is 35.2 Å². The average molecular weight is 452 g/mol. The van der Waals surface area contributed by atoms with Crippen LogP contribution in [0.4, 0.5) is 22.4 Å². The first-order valence-corrected chi connectivity index (χ1v) is 10.7. The molecular formula is C23H28F4N4O. The van der Waals surface area contributed by atoms with Gasteiger partial charge in [-0.25, -0.2) is 9.18 Å². The summed E-state index contributed by atoms with van der Waals surface area (Å²) in [4.78, 5) is 21.1. The number of nitrogens with one attached hydrogen (secondary N) is 1. The molecule has 0 radical (unpaired) electrons. The summed E-state index contributed by atoms with van der Waals surface area (Å²) in [7, 11) is 2.04. The maximum atomic E-state index is 13.2. The van der Waals surface area contributed by atoms with E-state index in [1.165, 1.54) is 6.07 Å². The highest BCUT2D eigenvalue weighted by atomic mass is 19.4. The number of carbonyl (C=O) groups excluding carboxylic acids is 1. The summed E-state index contributed by atoms with van der Waals surface area (Å²) in [6.07, 6.45) is -2.29. The number of likely N-dealkylation sites (tertiary alicyclic amines) is 1. The topological polar surface area (TPSA) is 48.5 Å². The second-order valence-electron chi connectivity index (χ2n) is 8.22. The highest BCUT2D eigenvalue weighted by molar-refractivity contribution is 5.74. The third kappa shape index (κ3) is 7.47. The first kappa shape index (κ1) is 24.0. The van der Waals surface area contributed by atoms with Crippen molar-refractivity contribution in [2.75, 3.05) is 20.1 Å². The van der Waals surface area contributed by atoms with Crippen molar-refractivity contribution in [3.63, 3.8) is 0 Å². The fourth-order valence-electron chi connectivity index (χ4n) is 3.74. The van der Waals surface area contributed by atoms with Crippen molar-refractivity contribution in [3.05, 3.63) is 65.2 Å². The summed E-state index contributed by atoms with van der Waals surface area (Å²) < 4.78 is 50.3. The Morgan fingerprint density at radius 3 is 2.38 bits per heavy atom. The van der Waals surface area contributed by atoms with Gasteiger partial charge in [-0.3, -0.25) is 4.98 Å². The van der Waals surface area contributed by atoms with E-state index in [0.717, 1.165) is 37.7 Å². The molecule has 0 atom stereocenters. The van der Waals surface area contributed by atoms with Gasteiger partial charge in [0.15, 0.2) is 0 Å². The molecule has 0 aliphatic carbocycles. The van der Waals surface area contributed by atoms with E-state index in [9.17, 15) is 22.4 Å². The average Bonchev–Trinajstić information content (AvgIpc) is 2.76. The summed E-state index contributed by atoms with van der Waals surface area (Å²) >= 11 is 0. The normalized spacial score (nSPS) is 15.5. The second kappa shape index (κ2) is 10.8. The molecule has 0 spiro atoms. The van der Waals surface area contributed by atoms with Crippen molar-refractivity contribution in [2.24, 2.45) is 0 Å². The number of hydrogen-bond donors (Lipinski definition) is 1. The predicted octanol–water partition coefficient (Wildman–Crippen LogP) is 4.52. The molecule has 1 saturated heterocycles. The lowest BCUT2D eigenvalue weighted by Gasteiger charge is -2.37. The van der Waals surface area contributed by atoms with Gasteiger partial charge in [0, 0.05) is 19.0 Å². The number of pyridine rings is 1. The monoisotopic (exact) mass is 452 g/mol. The summed E-state index contributed by atoms with van der Waals surface area (Å²) in [5, 5.41) is 2.91. The summed E-state index contributed by atoms with van der Waals surface area (Å²) in [5.74, 6) is -0.428. The largest absolute Gasteiger partial charge is 0.389 e. The maximum absolute atomic E-state index is 13.2. The van der Waals surface area contributed by atoms with Gasteiger partial charge in [0.1, 0.15) is 5.82 Å². The number of rotatable bonds is 7. The lowest BCUT2D eigenvalue weighted by Crippen LogP contribution is -2.49. The lowest BCUT2D eigenvalue weighted by atomic mass is 10.0. The van der Waals surface area contributed by atoms with Crippen LogP contribution >= 0.6 is 0 Å². The Kier molecular flexibility index (Phi) is 8.06. The number of aryl methyl sites for hydroxylation is 1. The molecule has 0 saturated carbocycles.